The molecule has 0 spiro atoms. The van der Waals surface area contributed by atoms with E-state index in [0.717, 1.165) is 11.1 Å². The van der Waals surface area contributed by atoms with Crippen LogP contribution in [0.2, 0.25) is 0 Å². The maximum atomic E-state index is 10.4. The van der Waals surface area contributed by atoms with Gasteiger partial charge in [-0.25, -0.2) is 0 Å². The summed E-state index contributed by atoms with van der Waals surface area (Å²) >= 11 is 0. The molecule has 3 N–H and O–H groups in total. The van der Waals surface area contributed by atoms with Crippen LogP contribution in [0, 0.1) is 0 Å². The number of primary amides is 1. The number of hydrogen-bond donors (Lipinski definition) is 2. The molecular weight excluding hydrogens is 166 g/mol. The van der Waals surface area contributed by atoms with Gasteiger partial charge in [0.25, 0.3) is 0 Å². The third-order valence-corrected chi connectivity index (χ3v) is 1.60. The van der Waals surface area contributed by atoms with Crippen molar-refractivity contribution in [2.45, 2.75) is 6.61 Å². The van der Waals surface area contributed by atoms with E-state index in [0.29, 0.717) is 0 Å². The molecule has 0 saturated carbocycles. The monoisotopic (exact) mass is 177 g/mol. The second-order valence-electron chi connectivity index (χ2n) is 2.64. The molecule has 1 rings (SSSR count). The smallest absolute Gasteiger partial charge is 0.241 e. The molecule has 0 heterocycles. The van der Waals surface area contributed by atoms with Gasteiger partial charge in [-0.2, -0.15) is 0 Å². The van der Waals surface area contributed by atoms with Crippen molar-refractivity contribution in [3.05, 3.63) is 41.5 Å². The summed E-state index contributed by atoms with van der Waals surface area (Å²) in [6.45, 7) is 0.0276. The van der Waals surface area contributed by atoms with Crippen LogP contribution in [0.3, 0.4) is 0 Å². The first kappa shape index (κ1) is 9.48. The first-order chi connectivity index (χ1) is 6.22. The zero-order chi connectivity index (χ0) is 9.68. The van der Waals surface area contributed by atoms with Gasteiger partial charge >= 0.3 is 0 Å². The molecule has 0 aromatic heterocycles. The van der Waals surface area contributed by atoms with Crippen molar-refractivity contribution in [3.8, 4) is 0 Å². The topological polar surface area (TPSA) is 63.3 Å². The molecule has 0 aliphatic rings. The van der Waals surface area contributed by atoms with Crippen LogP contribution in [0.5, 0.6) is 0 Å². The van der Waals surface area contributed by atoms with Crippen LogP contribution in [0.4, 0.5) is 0 Å². The SMILES string of the molecule is NC(=O)C=Cc1ccc(CO)cc1. The molecule has 0 unspecified atom stereocenters. The second-order valence-corrected chi connectivity index (χ2v) is 2.64. The predicted octanol–water partition coefficient (Wildman–Crippen LogP) is 0.677. The highest BCUT2D eigenvalue weighted by Crippen LogP contribution is 2.05. The molecule has 0 saturated heterocycles. The Morgan fingerprint density at radius 1 is 1.38 bits per heavy atom. The Bertz CT molecular complexity index is 314. The molecule has 1 amide bonds. The average molecular weight is 177 g/mol. The molecule has 1 aromatic carbocycles. The van der Waals surface area contributed by atoms with E-state index in [1.165, 1.54) is 6.08 Å². The lowest BCUT2D eigenvalue weighted by molar-refractivity contribution is -0.113. The van der Waals surface area contributed by atoms with Crippen LogP contribution in [-0.2, 0) is 11.4 Å². The van der Waals surface area contributed by atoms with Gasteiger partial charge in [0, 0.05) is 6.08 Å². The van der Waals surface area contributed by atoms with Crippen molar-refractivity contribution in [1.29, 1.82) is 0 Å². The molecule has 68 valence electrons. The van der Waals surface area contributed by atoms with Crippen molar-refractivity contribution in [3.63, 3.8) is 0 Å². The Labute approximate surface area is 76.5 Å². The molecule has 0 atom stereocenters. The fourth-order valence-electron chi connectivity index (χ4n) is 0.913. The maximum absolute atomic E-state index is 10.4. The van der Waals surface area contributed by atoms with Gasteiger partial charge < -0.3 is 10.8 Å². The summed E-state index contributed by atoms with van der Waals surface area (Å²) < 4.78 is 0. The second kappa shape index (κ2) is 4.42. The Hall–Kier alpha value is -1.61. The van der Waals surface area contributed by atoms with E-state index in [1.54, 1.807) is 18.2 Å². The minimum atomic E-state index is -0.466. The predicted molar refractivity (Wildman–Crippen MR) is 50.6 cm³/mol. The summed E-state index contributed by atoms with van der Waals surface area (Å²) in [5.41, 5.74) is 6.66. The van der Waals surface area contributed by atoms with E-state index in [-0.39, 0.29) is 6.61 Å². The van der Waals surface area contributed by atoms with Crippen LogP contribution in [0.25, 0.3) is 6.08 Å². The van der Waals surface area contributed by atoms with Gasteiger partial charge in [-0.3, -0.25) is 4.79 Å². The van der Waals surface area contributed by atoms with E-state index in [9.17, 15) is 4.79 Å². The van der Waals surface area contributed by atoms with E-state index in [1.807, 2.05) is 12.1 Å². The van der Waals surface area contributed by atoms with Gasteiger partial charge in [0.15, 0.2) is 0 Å². The number of rotatable bonds is 3. The largest absolute Gasteiger partial charge is 0.392 e. The van der Waals surface area contributed by atoms with Crippen LogP contribution >= 0.6 is 0 Å². The standard InChI is InChI=1S/C10H11NO2/c11-10(13)6-5-8-1-3-9(7-12)4-2-8/h1-6,12H,7H2,(H2,11,13). The van der Waals surface area contributed by atoms with Crippen LogP contribution in [0.1, 0.15) is 11.1 Å². The van der Waals surface area contributed by atoms with Crippen LogP contribution < -0.4 is 5.73 Å². The Morgan fingerprint density at radius 3 is 2.46 bits per heavy atom. The number of carbonyl (C=O) groups is 1. The van der Waals surface area contributed by atoms with Gasteiger partial charge in [0.2, 0.25) is 5.91 Å². The molecule has 1 aromatic rings. The van der Waals surface area contributed by atoms with Crippen molar-refractivity contribution in [2.24, 2.45) is 5.73 Å². The van der Waals surface area contributed by atoms with Crippen molar-refractivity contribution < 1.29 is 9.90 Å². The third-order valence-electron chi connectivity index (χ3n) is 1.60. The molecule has 3 heteroatoms. The zero-order valence-corrected chi connectivity index (χ0v) is 7.10. The summed E-state index contributed by atoms with van der Waals surface area (Å²) in [5.74, 6) is -0.466. The summed E-state index contributed by atoms with van der Waals surface area (Å²) in [6, 6.07) is 7.21. The normalized spacial score (nSPS) is 10.5. The molecule has 0 fully saturated rings. The van der Waals surface area contributed by atoms with Crippen molar-refractivity contribution in [2.75, 3.05) is 0 Å². The molecule has 0 radical (unpaired) electrons. The van der Waals surface area contributed by atoms with Gasteiger partial charge in [0.1, 0.15) is 0 Å². The number of aliphatic hydroxyl groups excluding tert-OH is 1. The average Bonchev–Trinajstić information content (AvgIpc) is 2.15. The lowest BCUT2D eigenvalue weighted by Gasteiger charge is -1.95. The minimum Gasteiger partial charge on any atom is -0.392 e. The number of aliphatic hydroxyl groups is 1. The van der Waals surface area contributed by atoms with Gasteiger partial charge in [-0.15, -0.1) is 0 Å². The number of benzene rings is 1. The zero-order valence-electron chi connectivity index (χ0n) is 7.10. The van der Waals surface area contributed by atoms with Crippen LogP contribution in [0.15, 0.2) is 30.3 Å². The summed E-state index contributed by atoms with van der Waals surface area (Å²) in [5, 5.41) is 8.75. The summed E-state index contributed by atoms with van der Waals surface area (Å²) in [6.07, 6.45) is 2.93. The first-order valence-corrected chi connectivity index (χ1v) is 3.89. The molecular formula is C10H11NO2. The lowest BCUT2D eigenvalue weighted by atomic mass is 10.1. The maximum Gasteiger partial charge on any atom is 0.241 e. The van der Waals surface area contributed by atoms with E-state index >= 15 is 0 Å². The van der Waals surface area contributed by atoms with Gasteiger partial charge in [-0.1, -0.05) is 24.3 Å². The van der Waals surface area contributed by atoms with Gasteiger partial charge in [0.05, 0.1) is 6.61 Å². The highest BCUT2D eigenvalue weighted by Gasteiger charge is 1.90. The Kier molecular flexibility index (Phi) is 3.23. The number of nitrogens with two attached hydrogens (primary N) is 1. The molecule has 13 heavy (non-hydrogen) atoms. The van der Waals surface area contributed by atoms with Crippen molar-refractivity contribution in [1.82, 2.24) is 0 Å². The Morgan fingerprint density at radius 2 is 2.00 bits per heavy atom. The molecule has 0 bridgehead atoms. The number of hydrogen-bond acceptors (Lipinski definition) is 2. The van der Waals surface area contributed by atoms with E-state index in [2.05, 4.69) is 0 Å². The third kappa shape index (κ3) is 3.09. The molecule has 0 aliphatic carbocycles. The lowest BCUT2D eigenvalue weighted by Crippen LogP contribution is -2.05. The summed E-state index contributed by atoms with van der Waals surface area (Å²) in [7, 11) is 0. The van der Waals surface area contributed by atoms with E-state index < -0.39 is 5.91 Å². The van der Waals surface area contributed by atoms with Crippen molar-refractivity contribution >= 4 is 12.0 Å². The minimum absolute atomic E-state index is 0.0276. The highest BCUT2D eigenvalue weighted by molar-refractivity contribution is 5.90. The fraction of sp³-hybridized carbons (Fsp3) is 0.100. The Balaban J connectivity index is 2.75. The summed E-state index contributed by atoms with van der Waals surface area (Å²) in [4.78, 5) is 10.4. The fourth-order valence-corrected chi connectivity index (χ4v) is 0.913. The molecule has 0 aliphatic heterocycles. The highest BCUT2D eigenvalue weighted by atomic mass is 16.3. The molecule has 3 nitrogen and oxygen atoms in total. The van der Waals surface area contributed by atoms with Crippen LogP contribution in [-0.4, -0.2) is 11.0 Å². The first-order valence-electron chi connectivity index (χ1n) is 3.89. The van der Waals surface area contributed by atoms with Gasteiger partial charge in [-0.05, 0) is 17.2 Å². The number of carbonyl (C=O) groups excluding carboxylic acids is 1. The van der Waals surface area contributed by atoms with E-state index in [4.69, 9.17) is 10.8 Å². The quantitative estimate of drug-likeness (QED) is 0.667. The number of amides is 1.